The van der Waals surface area contributed by atoms with Crippen LogP contribution in [0.2, 0.25) is 0 Å². The third-order valence-corrected chi connectivity index (χ3v) is 4.94. The van der Waals surface area contributed by atoms with Gasteiger partial charge in [0.2, 0.25) is 0 Å². The number of hydrogen-bond donors (Lipinski definition) is 3. The maximum atomic E-state index is 12.5. The molecule has 0 fully saturated rings. The van der Waals surface area contributed by atoms with Crippen molar-refractivity contribution in [2.75, 3.05) is 29.7 Å². The van der Waals surface area contributed by atoms with Gasteiger partial charge in [0.15, 0.2) is 11.6 Å². The van der Waals surface area contributed by atoms with Gasteiger partial charge in [-0.2, -0.15) is 0 Å². The molecule has 0 saturated heterocycles. The minimum absolute atomic E-state index is 0.345. The average molecular weight is 390 g/mol. The van der Waals surface area contributed by atoms with Crippen molar-refractivity contribution in [1.82, 2.24) is 15.4 Å². The van der Waals surface area contributed by atoms with Crippen LogP contribution in [0.4, 0.5) is 17.3 Å². The van der Waals surface area contributed by atoms with Gasteiger partial charge >= 0.3 is 0 Å². The number of benzene rings is 2. The van der Waals surface area contributed by atoms with Gasteiger partial charge in [-0.3, -0.25) is 15.6 Å². The highest BCUT2D eigenvalue weighted by Gasteiger charge is 2.21. The van der Waals surface area contributed by atoms with E-state index in [9.17, 15) is 4.79 Å². The second-order valence-corrected chi connectivity index (χ2v) is 6.68. The van der Waals surface area contributed by atoms with Crippen molar-refractivity contribution in [2.24, 2.45) is 0 Å². The smallest absolute Gasteiger partial charge is 0.273 e. The van der Waals surface area contributed by atoms with E-state index in [1.807, 2.05) is 6.07 Å². The monoisotopic (exact) mass is 390 g/mol. The van der Waals surface area contributed by atoms with Crippen molar-refractivity contribution in [3.05, 3.63) is 71.5 Å². The number of hydrogen-bond acceptors (Lipinski definition) is 7. The summed E-state index contributed by atoms with van der Waals surface area (Å²) in [7, 11) is 1.52. The van der Waals surface area contributed by atoms with E-state index in [0.29, 0.717) is 28.6 Å². The van der Waals surface area contributed by atoms with E-state index < -0.39 is 0 Å². The second-order valence-electron chi connectivity index (χ2n) is 6.68. The van der Waals surface area contributed by atoms with Gasteiger partial charge < -0.3 is 15.4 Å². The van der Waals surface area contributed by atoms with E-state index in [0.717, 1.165) is 19.5 Å². The summed E-state index contributed by atoms with van der Waals surface area (Å²) in [6.45, 7) is 1.54. The molecule has 0 radical (unpaired) electrons. The molecule has 0 saturated carbocycles. The lowest BCUT2D eigenvalue weighted by molar-refractivity contribution is 0.0959. The van der Waals surface area contributed by atoms with Gasteiger partial charge in [-0.25, -0.2) is 9.97 Å². The van der Waals surface area contributed by atoms with Gasteiger partial charge in [0.05, 0.1) is 12.7 Å². The summed E-state index contributed by atoms with van der Waals surface area (Å²) >= 11 is 0. The number of aromatic nitrogens is 2. The zero-order valence-electron chi connectivity index (χ0n) is 16.1. The summed E-state index contributed by atoms with van der Waals surface area (Å²) < 4.78 is 5.22. The summed E-state index contributed by atoms with van der Waals surface area (Å²) in [4.78, 5) is 23.1. The first-order valence-corrected chi connectivity index (χ1v) is 9.29. The van der Waals surface area contributed by atoms with E-state index in [4.69, 9.17) is 10.5 Å². The SMILES string of the molecule is COc1ccccc1C(=O)NNc1ncnc(N2CCc3ccccc3C2)c1N. The molecule has 1 aliphatic heterocycles. The Bertz CT molecular complexity index is 1040. The number of anilines is 3. The molecule has 0 spiro atoms. The maximum absolute atomic E-state index is 12.5. The number of fused-ring (bicyclic) bond motifs is 1. The summed E-state index contributed by atoms with van der Waals surface area (Å²) in [5.74, 6) is 1.12. The van der Waals surface area contributed by atoms with Crippen LogP contribution in [-0.4, -0.2) is 29.5 Å². The van der Waals surface area contributed by atoms with Crippen molar-refractivity contribution >= 4 is 23.2 Å². The van der Waals surface area contributed by atoms with Crippen molar-refractivity contribution < 1.29 is 9.53 Å². The Hall–Kier alpha value is -3.81. The third kappa shape index (κ3) is 3.77. The van der Waals surface area contributed by atoms with Crippen molar-refractivity contribution in [1.29, 1.82) is 0 Å². The number of methoxy groups -OCH3 is 1. The normalized spacial score (nSPS) is 12.8. The molecular weight excluding hydrogens is 368 g/mol. The first kappa shape index (κ1) is 18.5. The Kier molecular flexibility index (Phi) is 5.15. The molecule has 8 nitrogen and oxygen atoms in total. The average Bonchev–Trinajstić information content (AvgIpc) is 2.77. The van der Waals surface area contributed by atoms with Crippen LogP contribution in [0.25, 0.3) is 0 Å². The molecule has 2 aromatic carbocycles. The van der Waals surface area contributed by atoms with E-state index in [-0.39, 0.29) is 5.91 Å². The fourth-order valence-electron chi connectivity index (χ4n) is 3.43. The van der Waals surface area contributed by atoms with Crippen LogP contribution in [0.15, 0.2) is 54.9 Å². The predicted octanol–water partition coefficient (Wildman–Crippen LogP) is 2.39. The molecule has 3 aromatic rings. The summed E-state index contributed by atoms with van der Waals surface area (Å²) in [6.07, 6.45) is 2.36. The van der Waals surface area contributed by atoms with Crippen LogP contribution in [-0.2, 0) is 13.0 Å². The van der Waals surface area contributed by atoms with Gasteiger partial charge in [-0.15, -0.1) is 0 Å². The number of carbonyl (C=O) groups is 1. The number of nitrogens with two attached hydrogens (primary N) is 1. The lowest BCUT2D eigenvalue weighted by Gasteiger charge is -2.30. The number of ether oxygens (including phenoxy) is 1. The third-order valence-electron chi connectivity index (χ3n) is 4.94. The molecule has 8 heteroatoms. The van der Waals surface area contributed by atoms with Crippen LogP contribution in [0.1, 0.15) is 21.5 Å². The molecule has 0 bridgehead atoms. The molecule has 0 unspecified atom stereocenters. The standard InChI is InChI=1S/C21H22N6O2/c1-29-17-9-5-4-8-16(17)21(28)26-25-19-18(22)20(24-13-23-19)27-11-10-14-6-2-3-7-15(14)12-27/h2-9,13H,10-12,22H2,1H3,(H,26,28)(H,23,24,25). The number of rotatable bonds is 5. The highest BCUT2D eigenvalue weighted by molar-refractivity contribution is 5.97. The molecule has 148 valence electrons. The second kappa shape index (κ2) is 8.05. The number of nitrogens with one attached hydrogen (secondary N) is 2. The van der Waals surface area contributed by atoms with Crippen LogP contribution in [0.3, 0.4) is 0 Å². The Labute approximate surface area is 168 Å². The van der Waals surface area contributed by atoms with E-state index in [2.05, 4.69) is 43.9 Å². The van der Waals surface area contributed by atoms with E-state index in [1.54, 1.807) is 24.3 Å². The van der Waals surface area contributed by atoms with Crippen LogP contribution < -0.4 is 26.2 Å². The number of nitrogen functional groups attached to an aromatic ring is 1. The molecule has 2 heterocycles. The van der Waals surface area contributed by atoms with Gasteiger partial charge in [0, 0.05) is 13.1 Å². The largest absolute Gasteiger partial charge is 0.496 e. The van der Waals surface area contributed by atoms with Gasteiger partial charge in [0.1, 0.15) is 17.8 Å². The Morgan fingerprint density at radius 2 is 1.86 bits per heavy atom. The fourth-order valence-corrected chi connectivity index (χ4v) is 3.43. The molecular formula is C21H22N6O2. The zero-order chi connectivity index (χ0) is 20.2. The molecule has 4 rings (SSSR count). The zero-order valence-corrected chi connectivity index (χ0v) is 16.1. The van der Waals surface area contributed by atoms with Gasteiger partial charge in [-0.05, 0) is 29.7 Å². The molecule has 4 N–H and O–H groups in total. The Balaban J connectivity index is 1.50. The predicted molar refractivity (Wildman–Crippen MR) is 112 cm³/mol. The molecule has 1 amide bonds. The lowest BCUT2D eigenvalue weighted by atomic mass is 10.00. The number of amides is 1. The minimum Gasteiger partial charge on any atom is -0.496 e. The lowest BCUT2D eigenvalue weighted by Crippen LogP contribution is -2.33. The topological polar surface area (TPSA) is 105 Å². The van der Waals surface area contributed by atoms with Gasteiger partial charge in [0.25, 0.3) is 5.91 Å². The Morgan fingerprint density at radius 1 is 1.10 bits per heavy atom. The first-order valence-electron chi connectivity index (χ1n) is 9.29. The van der Waals surface area contributed by atoms with Crippen LogP contribution >= 0.6 is 0 Å². The highest BCUT2D eigenvalue weighted by atomic mass is 16.5. The number of hydrazine groups is 1. The van der Waals surface area contributed by atoms with E-state index >= 15 is 0 Å². The molecule has 29 heavy (non-hydrogen) atoms. The van der Waals surface area contributed by atoms with Crippen molar-refractivity contribution in [2.45, 2.75) is 13.0 Å². The Morgan fingerprint density at radius 3 is 2.69 bits per heavy atom. The molecule has 1 aromatic heterocycles. The quantitative estimate of drug-likeness (QED) is 0.575. The van der Waals surface area contributed by atoms with Crippen LogP contribution in [0, 0.1) is 0 Å². The molecule has 0 atom stereocenters. The highest BCUT2D eigenvalue weighted by Crippen LogP contribution is 2.30. The molecule has 1 aliphatic rings. The van der Waals surface area contributed by atoms with Crippen molar-refractivity contribution in [3.8, 4) is 5.75 Å². The summed E-state index contributed by atoms with van der Waals surface area (Å²) in [6, 6.07) is 15.3. The molecule has 0 aliphatic carbocycles. The minimum atomic E-state index is -0.353. The number of carbonyl (C=O) groups excluding carboxylic acids is 1. The van der Waals surface area contributed by atoms with Crippen LogP contribution in [0.5, 0.6) is 5.75 Å². The maximum Gasteiger partial charge on any atom is 0.273 e. The number of nitrogens with zero attached hydrogens (tertiary/aromatic N) is 3. The summed E-state index contributed by atoms with van der Waals surface area (Å²) in [5.41, 5.74) is 15.1. The van der Waals surface area contributed by atoms with Gasteiger partial charge in [-0.1, -0.05) is 36.4 Å². The van der Waals surface area contributed by atoms with E-state index in [1.165, 1.54) is 24.6 Å². The number of para-hydroxylation sites is 1. The summed E-state index contributed by atoms with van der Waals surface area (Å²) in [5, 5.41) is 0. The van der Waals surface area contributed by atoms with Crippen molar-refractivity contribution in [3.63, 3.8) is 0 Å². The fraction of sp³-hybridized carbons (Fsp3) is 0.190. The first-order chi connectivity index (χ1) is 14.2.